The van der Waals surface area contributed by atoms with Gasteiger partial charge in [-0.1, -0.05) is 23.9 Å². The number of benzene rings is 1. The van der Waals surface area contributed by atoms with E-state index >= 15 is 0 Å². The lowest BCUT2D eigenvalue weighted by Gasteiger charge is -2.09. The number of carbonyl (C=O) groups excluding carboxylic acids is 2. The molecule has 1 atom stereocenters. The molecule has 0 aliphatic carbocycles. The van der Waals surface area contributed by atoms with Gasteiger partial charge < -0.3 is 11.1 Å². The van der Waals surface area contributed by atoms with E-state index in [-0.39, 0.29) is 23.4 Å². The second-order valence-electron chi connectivity index (χ2n) is 3.63. The third-order valence-electron chi connectivity index (χ3n) is 2.28. The Morgan fingerprint density at radius 2 is 2.22 bits per heavy atom. The fraction of sp³-hybridized carbons (Fsp3) is 0.182. The molecule has 0 radical (unpaired) electrons. The number of hydrogen-bond acceptors (Lipinski definition) is 4. The zero-order chi connectivity index (χ0) is 13.1. The van der Waals surface area contributed by atoms with Crippen molar-refractivity contribution in [2.45, 2.75) is 11.7 Å². The molecule has 0 fully saturated rings. The SMILES string of the molecule is NC1=NC(=O)C(CC(=O)Nc2ccccc2Br)S1. The molecule has 1 aliphatic rings. The van der Waals surface area contributed by atoms with E-state index in [9.17, 15) is 9.59 Å². The van der Waals surface area contributed by atoms with Gasteiger partial charge in [-0.2, -0.15) is 4.99 Å². The van der Waals surface area contributed by atoms with Crippen LogP contribution in [0, 0.1) is 0 Å². The smallest absolute Gasteiger partial charge is 0.262 e. The summed E-state index contributed by atoms with van der Waals surface area (Å²) >= 11 is 4.45. The molecule has 5 nitrogen and oxygen atoms in total. The first-order chi connectivity index (χ1) is 8.56. The van der Waals surface area contributed by atoms with Crippen LogP contribution in [0.4, 0.5) is 5.69 Å². The summed E-state index contributed by atoms with van der Waals surface area (Å²) in [5, 5.41) is 2.44. The Morgan fingerprint density at radius 1 is 1.50 bits per heavy atom. The van der Waals surface area contributed by atoms with Gasteiger partial charge >= 0.3 is 0 Å². The van der Waals surface area contributed by atoms with Crippen LogP contribution < -0.4 is 11.1 Å². The zero-order valence-corrected chi connectivity index (χ0v) is 11.6. The van der Waals surface area contributed by atoms with Crippen molar-refractivity contribution < 1.29 is 9.59 Å². The Labute approximate surface area is 116 Å². The Balaban J connectivity index is 1.94. The number of amides is 2. The number of hydrogen-bond donors (Lipinski definition) is 2. The van der Waals surface area contributed by atoms with Gasteiger partial charge in [0, 0.05) is 10.9 Å². The summed E-state index contributed by atoms with van der Waals surface area (Å²) in [6, 6.07) is 7.27. The first-order valence-electron chi connectivity index (χ1n) is 5.15. The monoisotopic (exact) mass is 327 g/mol. The van der Waals surface area contributed by atoms with Crippen molar-refractivity contribution in [2.75, 3.05) is 5.32 Å². The number of anilines is 1. The first-order valence-corrected chi connectivity index (χ1v) is 6.82. The van der Waals surface area contributed by atoms with Crippen LogP contribution in [0.2, 0.25) is 0 Å². The summed E-state index contributed by atoms with van der Waals surface area (Å²) < 4.78 is 0.791. The highest BCUT2D eigenvalue weighted by Crippen LogP contribution is 2.25. The molecule has 0 spiro atoms. The Kier molecular flexibility index (Phi) is 4.03. The minimum atomic E-state index is -0.507. The minimum Gasteiger partial charge on any atom is -0.378 e. The predicted octanol–water partition coefficient (Wildman–Crippen LogP) is 1.73. The Morgan fingerprint density at radius 3 is 2.83 bits per heavy atom. The topological polar surface area (TPSA) is 84.5 Å². The standard InChI is InChI=1S/C11H10BrN3O2S/c12-6-3-1-2-4-7(6)14-9(16)5-8-10(17)15-11(13)18-8/h1-4,8H,5H2,(H,14,16)(H2,13,15,17). The first kappa shape index (κ1) is 13.1. The molecule has 1 aliphatic heterocycles. The summed E-state index contributed by atoms with van der Waals surface area (Å²) in [7, 11) is 0. The van der Waals surface area contributed by atoms with E-state index in [0.29, 0.717) is 5.69 Å². The highest BCUT2D eigenvalue weighted by Gasteiger charge is 2.29. The molecule has 1 unspecified atom stereocenters. The number of nitrogens with two attached hydrogens (primary N) is 1. The Hall–Kier alpha value is -1.34. The molecule has 0 aromatic heterocycles. The van der Waals surface area contributed by atoms with Crippen LogP contribution in [0.3, 0.4) is 0 Å². The van der Waals surface area contributed by atoms with Crippen LogP contribution in [0.1, 0.15) is 6.42 Å². The number of amidine groups is 1. The van der Waals surface area contributed by atoms with Gasteiger partial charge in [-0.25, -0.2) is 0 Å². The second-order valence-corrected chi connectivity index (χ2v) is 5.70. The molecule has 94 valence electrons. The Bertz CT molecular complexity index is 533. The van der Waals surface area contributed by atoms with Crippen LogP contribution in [0.25, 0.3) is 0 Å². The van der Waals surface area contributed by atoms with Crippen molar-refractivity contribution in [1.82, 2.24) is 0 Å². The van der Waals surface area contributed by atoms with E-state index in [1.54, 1.807) is 6.07 Å². The molecular formula is C11H10BrN3O2S. The number of aliphatic imine (C=N–C) groups is 1. The van der Waals surface area contributed by atoms with E-state index in [2.05, 4.69) is 26.2 Å². The zero-order valence-electron chi connectivity index (χ0n) is 9.22. The summed E-state index contributed by atoms with van der Waals surface area (Å²) in [5.74, 6) is -0.586. The quantitative estimate of drug-likeness (QED) is 0.885. The van der Waals surface area contributed by atoms with Gasteiger partial charge in [-0.3, -0.25) is 9.59 Å². The second kappa shape index (κ2) is 5.53. The van der Waals surface area contributed by atoms with Crippen molar-refractivity contribution in [3.8, 4) is 0 Å². The molecule has 2 amide bonds. The van der Waals surface area contributed by atoms with Gasteiger partial charge in [0.25, 0.3) is 5.91 Å². The van der Waals surface area contributed by atoms with Gasteiger partial charge in [0.2, 0.25) is 5.91 Å². The molecule has 1 aromatic rings. The number of halogens is 1. The molecule has 0 saturated heterocycles. The maximum atomic E-state index is 11.8. The number of nitrogens with one attached hydrogen (secondary N) is 1. The summed E-state index contributed by atoms with van der Waals surface area (Å²) in [4.78, 5) is 26.7. The average molecular weight is 328 g/mol. The van der Waals surface area contributed by atoms with Crippen molar-refractivity contribution >= 4 is 50.4 Å². The van der Waals surface area contributed by atoms with Crippen LogP contribution in [-0.4, -0.2) is 22.2 Å². The lowest BCUT2D eigenvalue weighted by Crippen LogP contribution is -2.21. The molecule has 3 N–H and O–H groups in total. The van der Waals surface area contributed by atoms with Gasteiger partial charge in [-0.05, 0) is 28.1 Å². The maximum absolute atomic E-state index is 11.8. The summed E-state index contributed by atoms with van der Waals surface area (Å²) in [6.07, 6.45) is 0.0645. The normalized spacial score (nSPS) is 18.6. The number of carbonyl (C=O) groups is 2. The van der Waals surface area contributed by atoms with E-state index in [1.165, 1.54) is 0 Å². The van der Waals surface area contributed by atoms with Gasteiger partial charge in [0.05, 0.1) is 5.69 Å². The maximum Gasteiger partial charge on any atom is 0.262 e. The largest absolute Gasteiger partial charge is 0.378 e. The van der Waals surface area contributed by atoms with E-state index in [0.717, 1.165) is 16.2 Å². The lowest BCUT2D eigenvalue weighted by atomic mass is 10.2. The van der Waals surface area contributed by atoms with Crippen LogP contribution >= 0.6 is 27.7 Å². The molecule has 0 saturated carbocycles. The molecular weight excluding hydrogens is 318 g/mol. The molecule has 0 bridgehead atoms. The van der Waals surface area contributed by atoms with Crippen molar-refractivity contribution in [3.63, 3.8) is 0 Å². The third-order valence-corrected chi connectivity index (χ3v) is 3.95. The van der Waals surface area contributed by atoms with Gasteiger partial charge in [-0.15, -0.1) is 0 Å². The van der Waals surface area contributed by atoms with Crippen molar-refractivity contribution in [3.05, 3.63) is 28.7 Å². The third kappa shape index (κ3) is 3.11. The number of rotatable bonds is 3. The predicted molar refractivity (Wildman–Crippen MR) is 75.4 cm³/mol. The van der Waals surface area contributed by atoms with E-state index < -0.39 is 5.25 Å². The molecule has 2 rings (SSSR count). The number of thioether (sulfide) groups is 1. The lowest BCUT2D eigenvalue weighted by molar-refractivity contribution is -0.121. The number of para-hydroxylation sites is 1. The summed E-state index contributed by atoms with van der Waals surface area (Å²) in [5.41, 5.74) is 6.09. The van der Waals surface area contributed by atoms with Gasteiger partial charge in [0.1, 0.15) is 5.25 Å². The number of nitrogens with zero attached hydrogens (tertiary/aromatic N) is 1. The molecule has 18 heavy (non-hydrogen) atoms. The fourth-order valence-electron chi connectivity index (χ4n) is 1.46. The van der Waals surface area contributed by atoms with Crippen LogP contribution in [0.5, 0.6) is 0 Å². The molecule has 1 aromatic carbocycles. The fourth-order valence-corrected chi connectivity index (χ4v) is 2.67. The summed E-state index contributed by atoms with van der Waals surface area (Å²) in [6.45, 7) is 0. The average Bonchev–Trinajstić information content (AvgIpc) is 2.61. The molecule has 7 heteroatoms. The van der Waals surface area contributed by atoms with E-state index in [1.807, 2.05) is 18.2 Å². The highest BCUT2D eigenvalue weighted by molar-refractivity contribution is 9.10. The van der Waals surface area contributed by atoms with Gasteiger partial charge in [0.15, 0.2) is 5.17 Å². The van der Waals surface area contributed by atoms with Crippen molar-refractivity contribution in [1.29, 1.82) is 0 Å². The van der Waals surface area contributed by atoms with Crippen LogP contribution in [0.15, 0.2) is 33.7 Å². The van der Waals surface area contributed by atoms with Crippen LogP contribution in [-0.2, 0) is 9.59 Å². The minimum absolute atomic E-state index is 0.0645. The highest BCUT2D eigenvalue weighted by atomic mass is 79.9. The van der Waals surface area contributed by atoms with Crippen molar-refractivity contribution in [2.24, 2.45) is 10.7 Å². The molecule has 1 heterocycles. The van der Waals surface area contributed by atoms with E-state index in [4.69, 9.17) is 5.73 Å².